The summed E-state index contributed by atoms with van der Waals surface area (Å²) < 4.78 is 19.7. The quantitative estimate of drug-likeness (QED) is 0.702. The molecule has 0 fully saturated rings. The maximum Gasteiger partial charge on any atom is 0.135 e. The fraction of sp³-hybridized carbons (Fsp3) is 0. The zero-order valence-corrected chi connectivity index (χ0v) is 11.9. The predicted octanol–water partition coefficient (Wildman–Crippen LogP) is 4.51. The summed E-state index contributed by atoms with van der Waals surface area (Å²) in [5.74, 6) is 0.657. The van der Waals surface area contributed by atoms with Crippen LogP contribution in [0.3, 0.4) is 0 Å². The lowest BCUT2D eigenvalue weighted by Gasteiger charge is -2.10. The largest absolute Gasteiger partial charge is 0.457 e. The molecule has 2 N–H and O–H groups in total. The van der Waals surface area contributed by atoms with Gasteiger partial charge >= 0.3 is 0 Å². The van der Waals surface area contributed by atoms with Crippen LogP contribution in [0.5, 0.6) is 11.5 Å². The molecule has 0 amide bonds. The molecule has 0 atom stereocenters. The number of anilines is 1. The molecule has 3 nitrogen and oxygen atoms in total. The van der Waals surface area contributed by atoms with Gasteiger partial charge in [0.25, 0.3) is 0 Å². The van der Waals surface area contributed by atoms with Crippen molar-refractivity contribution >= 4 is 32.4 Å². The number of benzene rings is 2. The van der Waals surface area contributed by atoms with E-state index in [4.69, 9.17) is 10.5 Å². The molecule has 0 unspecified atom stereocenters. The minimum atomic E-state index is -0.365. The number of nitrogens with zero attached hydrogens (tertiary/aromatic N) is 1. The van der Waals surface area contributed by atoms with E-state index in [0.29, 0.717) is 21.7 Å². The maximum absolute atomic E-state index is 13.4. The van der Waals surface area contributed by atoms with E-state index in [1.807, 2.05) is 6.07 Å². The first-order chi connectivity index (χ1) is 9.63. The first kappa shape index (κ1) is 12.9. The van der Waals surface area contributed by atoms with Crippen molar-refractivity contribution < 1.29 is 9.13 Å². The Morgan fingerprint density at radius 3 is 2.75 bits per heavy atom. The summed E-state index contributed by atoms with van der Waals surface area (Å²) >= 11 is 3.24. The Labute approximate surface area is 123 Å². The molecule has 3 rings (SSSR count). The number of hydrogen-bond donors (Lipinski definition) is 1. The number of nitrogen functional groups attached to an aromatic ring is 1. The summed E-state index contributed by atoms with van der Waals surface area (Å²) in [5, 5.41) is 1.64. The zero-order chi connectivity index (χ0) is 14.1. The minimum absolute atomic E-state index is 0.365. The van der Waals surface area contributed by atoms with E-state index in [2.05, 4.69) is 20.9 Å². The normalized spacial score (nSPS) is 10.7. The van der Waals surface area contributed by atoms with E-state index in [1.165, 1.54) is 12.1 Å². The molecule has 20 heavy (non-hydrogen) atoms. The number of rotatable bonds is 2. The molecule has 0 aliphatic rings. The van der Waals surface area contributed by atoms with Crippen LogP contribution in [0.1, 0.15) is 0 Å². The van der Waals surface area contributed by atoms with Crippen LogP contribution in [-0.4, -0.2) is 4.98 Å². The average Bonchev–Trinajstić information content (AvgIpc) is 2.41. The van der Waals surface area contributed by atoms with E-state index in [-0.39, 0.29) is 5.82 Å². The fourth-order valence-corrected chi connectivity index (χ4v) is 2.43. The molecule has 0 spiro atoms. The Bertz CT molecular complexity index is 772. The molecule has 0 aliphatic heterocycles. The first-order valence-electron chi connectivity index (χ1n) is 5.89. The second-order valence-electron chi connectivity index (χ2n) is 4.28. The van der Waals surface area contributed by atoms with Crippen molar-refractivity contribution in [2.24, 2.45) is 0 Å². The molecule has 2 aromatic carbocycles. The third kappa shape index (κ3) is 2.44. The van der Waals surface area contributed by atoms with Crippen LogP contribution in [0.4, 0.5) is 10.1 Å². The lowest BCUT2D eigenvalue weighted by atomic mass is 10.1. The molecule has 1 aromatic heterocycles. The van der Waals surface area contributed by atoms with E-state index < -0.39 is 0 Å². The molecule has 0 saturated heterocycles. The van der Waals surface area contributed by atoms with E-state index >= 15 is 0 Å². The summed E-state index contributed by atoms with van der Waals surface area (Å²) in [7, 11) is 0. The van der Waals surface area contributed by atoms with Crippen molar-refractivity contribution in [2.45, 2.75) is 0 Å². The number of halogens is 2. The summed E-state index contributed by atoms with van der Waals surface area (Å²) in [5.41, 5.74) is 6.53. The second kappa shape index (κ2) is 5.09. The van der Waals surface area contributed by atoms with Crippen molar-refractivity contribution in [3.8, 4) is 11.5 Å². The van der Waals surface area contributed by atoms with Gasteiger partial charge < -0.3 is 10.5 Å². The summed E-state index contributed by atoms with van der Waals surface area (Å²) in [4.78, 5) is 4.05. The number of ether oxygens (including phenoxy) is 1. The van der Waals surface area contributed by atoms with Crippen molar-refractivity contribution in [2.75, 3.05) is 5.73 Å². The molecule has 0 radical (unpaired) electrons. The van der Waals surface area contributed by atoms with Gasteiger partial charge in [-0.3, -0.25) is 4.98 Å². The number of nitrogens with two attached hydrogens (primary N) is 1. The smallest absolute Gasteiger partial charge is 0.135 e. The van der Waals surface area contributed by atoms with Gasteiger partial charge in [-0.25, -0.2) is 4.39 Å². The van der Waals surface area contributed by atoms with E-state index in [0.717, 1.165) is 10.8 Å². The monoisotopic (exact) mass is 332 g/mol. The van der Waals surface area contributed by atoms with Crippen LogP contribution in [0, 0.1) is 5.82 Å². The Hall–Kier alpha value is -2.14. The molecule has 100 valence electrons. The number of aromatic nitrogens is 1. The van der Waals surface area contributed by atoms with Crippen molar-refractivity contribution in [3.63, 3.8) is 0 Å². The fourth-order valence-electron chi connectivity index (χ4n) is 1.99. The van der Waals surface area contributed by atoms with Gasteiger partial charge in [-0.1, -0.05) is 15.9 Å². The van der Waals surface area contributed by atoms with Crippen LogP contribution in [-0.2, 0) is 0 Å². The molecule has 3 aromatic rings. The molecule has 0 bridgehead atoms. The number of fused-ring (bicyclic) bond motifs is 1. The van der Waals surface area contributed by atoms with Crippen molar-refractivity contribution in [1.29, 1.82) is 0 Å². The topological polar surface area (TPSA) is 48.1 Å². The van der Waals surface area contributed by atoms with Crippen molar-refractivity contribution in [3.05, 3.63) is 59.1 Å². The molecule has 0 saturated carbocycles. The summed E-state index contributed by atoms with van der Waals surface area (Å²) in [6, 6.07) is 9.72. The van der Waals surface area contributed by atoms with Crippen LogP contribution in [0.2, 0.25) is 0 Å². The molecule has 1 heterocycles. The molecule has 0 aliphatic carbocycles. The Balaban J connectivity index is 2.09. The highest BCUT2D eigenvalue weighted by molar-refractivity contribution is 9.10. The van der Waals surface area contributed by atoms with Crippen LogP contribution >= 0.6 is 15.9 Å². The first-order valence-corrected chi connectivity index (χ1v) is 6.69. The minimum Gasteiger partial charge on any atom is -0.457 e. The lowest BCUT2D eigenvalue weighted by Crippen LogP contribution is -1.92. The highest BCUT2D eigenvalue weighted by Gasteiger charge is 2.07. The Morgan fingerprint density at radius 2 is 1.95 bits per heavy atom. The van der Waals surface area contributed by atoms with E-state index in [9.17, 15) is 4.39 Å². The number of pyridine rings is 1. The lowest BCUT2D eigenvalue weighted by molar-refractivity contribution is 0.481. The molecular weight excluding hydrogens is 323 g/mol. The van der Waals surface area contributed by atoms with Gasteiger partial charge in [-0.15, -0.1) is 0 Å². The summed E-state index contributed by atoms with van der Waals surface area (Å²) in [6.07, 6.45) is 3.34. The molecular formula is C15H10BrFN2O. The Kier molecular flexibility index (Phi) is 3.28. The van der Waals surface area contributed by atoms with Crippen LogP contribution in [0.25, 0.3) is 10.8 Å². The van der Waals surface area contributed by atoms with Crippen LogP contribution < -0.4 is 10.5 Å². The van der Waals surface area contributed by atoms with Gasteiger partial charge in [0, 0.05) is 39.4 Å². The van der Waals surface area contributed by atoms with Crippen molar-refractivity contribution in [1.82, 2.24) is 4.98 Å². The molecule has 5 heteroatoms. The highest BCUT2D eigenvalue weighted by Crippen LogP contribution is 2.33. The Morgan fingerprint density at radius 1 is 1.10 bits per heavy atom. The number of hydrogen-bond acceptors (Lipinski definition) is 3. The van der Waals surface area contributed by atoms with Gasteiger partial charge in [-0.2, -0.15) is 0 Å². The standard InChI is InChI=1S/C15H10BrFN2O/c16-9-5-10(17)7-11(6-9)20-15-2-1-14(18)13-8-19-4-3-12(13)15/h1-8H,18H2. The van der Waals surface area contributed by atoms with Gasteiger partial charge in [0.15, 0.2) is 0 Å². The van der Waals surface area contributed by atoms with Gasteiger partial charge in [-0.05, 0) is 30.3 Å². The maximum atomic E-state index is 13.4. The third-order valence-corrected chi connectivity index (χ3v) is 3.33. The van der Waals surface area contributed by atoms with Crippen LogP contribution in [0.15, 0.2) is 53.3 Å². The van der Waals surface area contributed by atoms with Gasteiger partial charge in [0.05, 0.1) is 0 Å². The predicted molar refractivity (Wildman–Crippen MR) is 80.3 cm³/mol. The van der Waals surface area contributed by atoms with E-state index in [1.54, 1.807) is 30.6 Å². The highest BCUT2D eigenvalue weighted by atomic mass is 79.9. The summed E-state index contributed by atoms with van der Waals surface area (Å²) in [6.45, 7) is 0. The third-order valence-electron chi connectivity index (χ3n) is 2.88. The second-order valence-corrected chi connectivity index (χ2v) is 5.20. The van der Waals surface area contributed by atoms with Gasteiger partial charge in [0.1, 0.15) is 17.3 Å². The zero-order valence-electron chi connectivity index (χ0n) is 10.3. The average molecular weight is 333 g/mol. The van der Waals surface area contributed by atoms with Gasteiger partial charge in [0.2, 0.25) is 0 Å². The SMILES string of the molecule is Nc1ccc(Oc2cc(F)cc(Br)c2)c2ccncc12.